The number of piperidine rings is 1. The normalized spacial score (nSPS) is 17.8. The van der Waals surface area contributed by atoms with Gasteiger partial charge in [0.15, 0.2) is 0 Å². The van der Waals surface area contributed by atoms with Gasteiger partial charge in [-0.05, 0) is 36.8 Å². The molecule has 1 aliphatic rings. The SMILES string of the molecule is CC(C)C1CCN(c2cccc3nccn23)CC1. The Balaban J connectivity index is 1.82. The van der Waals surface area contributed by atoms with Crippen LogP contribution in [0.15, 0.2) is 30.6 Å². The molecule has 1 saturated heterocycles. The summed E-state index contributed by atoms with van der Waals surface area (Å²) in [5, 5.41) is 0. The van der Waals surface area contributed by atoms with Crippen molar-refractivity contribution in [1.29, 1.82) is 0 Å². The van der Waals surface area contributed by atoms with E-state index in [9.17, 15) is 0 Å². The molecule has 0 radical (unpaired) electrons. The van der Waals surface area contributed by atoms with Gasteiger partial charge in [-0.3, -0.25) is 4.40 Å². The summed E-state index contributed by atoms with van der Waals surface area (Å²) >= 11 is 0. The van der Waals surface area contributed by atoms with Gasteiger partial charge in [0, 0.05) is 25.5 Å². The first-order valence-electron chi connectivity index (χ1n) is 6.93. The minimum absolute atomic E-state index is 0.816. The summed E-state index contributed by atoms with van der Waals surface area (Å²) in [4.78, 5) is 6.85. The number of rotatable bonds is 2. The zero-order chi connectivity index (χ0) is 12.5. The molecule has 0 aromatic carbocycles. The van der Waals surface area contributed by atoms with E-state index in [2.05, 4.69) is 52.5 Å². The van der Waals surface area contributed by atoms with Crippen LogP contribution < -0.4 is 4.90 Å². The third-order valence-corrected chi connectivity index (χ3v) is 4.21. The van der Waals surface area contributed by atoms with Crippen LogP contribution in [0.1, 0.15) is 26.7 Å². The highest BCUT2D eigenvalue weighted by Gasteiger charge is 2.22. The van der Waals surface area contributed by atoms with Crippen LogP contribution in [-0.4, -0.2) is 22.5 Å². The molecule has 3 heterocycles. The highest BCUT2D eigenvalue weighted by Crippen LogP contribution is 2.27. The minimum atomic E-state index is 0.816. The quantitative estimate of drug-likeness (QED) is 0.807. The lowest BCUT2D eigenvalue weighted by Crippen LogP contribution is -2.36. The van der Waals surface area contributed by atoms with Gasteiger partial charge in [-0.25, -0.2) is 4.98 Å². The fourth-order valence-corrected chi connectivity index (χ4v) is 2.99. The minimum Gasteiger partial charge on any atom is -0.358 e. The maximum Gasteiger partial charge on any atom is 0.138 e. The molecule has 0 bridgehead atoms. The number of nitrogens with zero attached hydrogens (tertiary/aromatic N) is 3. The third kappa shape index (κ3) is 1.98. The summed E-state index contributed by atoms with van der Waals surface area (Å²) < 4.78 is 2.19. The van der Waals surface area contributed by atoms with Gasteiger partial charge in [0.1, 0.15) is 11.5 Å². The van der Waals surface area contributed by atoms with E-state index in [1.54, 1.807) is 0 Å². The predicted octanol–water partition coefficient (Wildman–Crippen LogP) is 3.21. The highest BCUT2D eigenvalue weighted by atomic mass is 15.2. The highest BCUT2D eigenvalue weighted by molar-refractivity contribution is 5.51. The Kier molecular flexibility index (Phi) is 2.98. The lowest BCUT2D eigenvalue weighted by molar-refractivity contribution is 0.310. The Hall–Kier alpha value is -1.51. The van der Waals surface area contributed by atoms with Gasteiger partial charge in [-0.2, -0.15) is 0 Å². The van der Waals surface area contributed by atoms with Crippen LogP contribution >= 0.6 is 0 Å². The van der Waals surface area contributed by atoms with Crippen molar-refractivity contribution < 1.29 is 0 Å². The molecular formula is C15H21N3. The molecule has 0 saturated carbocycles. The molecular weight excluding hydrogens is 222 g/mol. The second-order valence-electron chi connectivity index (χ2n) is 5.61. The molecule has 0 amide bonds. The smallest absolute Gasteiger partial charge is 0.138 e. The zero-order valence-electron chi connectivity index (χ0n) is 11.2. The molecule has 0 spiro atoms. The molecule has 0 aliphatic carbocycles. The van der Waals surface area contributed by atoms with Gasteiger partial charge in [0.25, 0.3) is 0 Å². The van der Waals surface area contributed by atoms with Crippen LogP contribution in [0.5, 0.6) is 0 Å². The van der Waals surface area contributed by atoms with Crippen LogP contribution in [-0.2, 0) is 0 Å². The molecule has 1 fully saturated rings. The van der Waals surface area contributed by atoms with Crippen LogP contribution in [0.3, 0.4) is 0 Å². The van der Waals surface area contributed by atoms with Crippen LogP contribution in [0.4, 0.5) is 5.82 Å². The van der Waals surface area contributed by atoms with Gasteiger partial charge < -0.3 is 4.90 Å². The number of pyridine rings is 1. The lowest BCUT2D eigenvalue weighted by atomic mass is 9.87. The molecule has 18 heavy (non-hydrogen) atoms. The number of imidazole rings is 1. The molecule has 2 aromatic rings. The summed E-state index contributed by atoms with van der Waals surface area (Å²) in [5.41, 5.74) is 1.04. The number of aromatic nitrogens is 2. The van der Waals surface area contributed by atoms with Crippen LogP contribution in [0.25, 0.3) is 5.65 Å². The molecule has 0 unspecified atom stereocenters. The maximum absolute atomic E-state index is 4.35. The van der Waals surface area contributed by atoms with Gasteiger partial charge in [-0.15, -0.1) is 0 Å². The molecule has 0 N–H and O–H groups in total. The Morgan fingerprint density at radius 1 is 1.22 bits per heavy atom. The van der Waals surface area contributed by atoms with E-state index in [1.807, 2.05) is 6.20 Å². The van der Waals surface area contributed by atoms with Crippen molar-refractivity contribution in [2.24, 2.45) is 11.8 Å². The Morgan fingerprint density at radius 3 is 2.72 bits per heavy atom. The molecule has 3 rings (SSSR count). The summed E-state index contributed by atoms with van der Waals surface area (Å²) in [6.45, 7) is 7.02. The first-order chi connectivity index (χ1) is 8.75. The largest absolute Gasteiger partial charge is 0.358 e. The number of hydrogen-bond donors (Lipinski definition) is 0. The molecule has 2 aromatic heterocycles. The van der Waals surface area contributed by atoms with Gasteiger partial charge >= 0.3 is 0 Å². The van der Waals surface area contributed by atoms with Gasteiger partial charge in [-0.1, -0.05) is 19.9 Å². The summed E-state index contributed by atoms with van der Waals surface area (Å²) in [5.74, 6) is 2.99. The van der Waals surface area contributed by atoms with Crippen molar-refractivity contribution in [3.63, 3.8) is 0 Å². The van der Waals surface area contributed by atoms with Crippen LogP contribution in [0.2, 0.25) is 0 Å². The monoisotopic (exact) mass is 243 g/mol. The van der Waals surface area contributed by atoms with Crippen molar-refractivity contribution in [3.05, 3.63) is 30.6 Å². The molecule has 3 nitrogen and oxygen atoms in total. The predicted molar refractivity (Wildman–Crippen MR) is 75.0 cm³/mol. The number of anilines is 1. The fraction of sp³-hybridized carbons (Fsp3) is 0.533. The van der Waals surface area contributed by atoms with Crippen molar-refractivity contribution in [2.75, 3.05) is 18.0 Å². The van der Waals surface area contributed by atoms with Crippen molar-refractivity contribution in [3.8, 4) is 0 Å². The Morgan fingerprint density at radius 2 is 2.00 bits per heavy atom. The van der Waals surface area contributed by atoms with Crippen molar-refractivity contribution >= 4 is 11.5 Å². The van der Waals surface area contributed by atoms with E-state index >= 15 is 0 Å². The van der Waals surface area contributed by atoms with E-state index in [1.165, 1.54) is 31.7 Å². The van der Waals surface area contributed by atoms with E-state index < -0.39 is 0 Å². The zero-order valence-corrected chi connectivity index (χ0v) is 11.2. The average molecular weight is 243 g/mol. The topological polar surface area (TPSA) is 20.5 Å². The fourth-order valence-electron chi connectivity index (χ4n) is 2.99. The maximum atomic E-state index is 4.35. The number of hydrogen-bond acceptors (Lipinski definition) is 2. The average Bonchev–Trinajstić information content (AvgIpc) is 2.87. The Bertz CT molecular complexity index is 521. The number of fused-ring (bicyclic) bond motifs is 1. The van der Waals surface area contributed by atoms with Crippen molar-refractivity contribution in [2.45, 2.75) is 26.7 Å². The van der Waals surface area contributed by atoms with Gasteiger partial charge in [0.05, 0.1) is 0 Å². The first kappa shape index (κ1) is 11.6. The van der Waals surface area contributed by atoms with Crippen molar-refractivity contribution in [1.82, 2.24) is 9.38 Å². The molecule has 3 heteroatoms. The third-order valence-electron chi connectivity index (χ3n) is 4.21. The second-order valence-corrected chi connectivity index (χ2v) is 5.61. The first-order valence-corrected chi connectivity index (χ1v) is 6.93. The molecule has 96 valence electrons. The lowest BCUT2D eigenvalue weighted by Gasteiger charge is -2.35. The molecule has 1 aliphatic heterocycles. The summed E-state index contributed by atoms with van der Waals surface area (Å²) in [7, 11) is 0. The van der Waals surface area contributed by atoms with Crippen LogP contribution in [0, 0.1) is 11.8 Å². The Labute approximate surface area is 108 Å². The second kappa shape index (κ2) is 4.63. The standard InChI is InChI=1S/C15H21N3/c1-12(2)13-6-9-17(10-7-13)15-5-3-4-14-16-8-11-18(14)15/h3-5,8,11-13H,6-7,9-10H2,1-2H3. The van der Waals surface area contributed by atoms with E-state index in [4.69, 9.17) is 0 Å². The van der Waals surface area contributed by atoms with E-state index in [0.29, 0.717) is 0 Å². The summed E-state index contributed by atoms with van der Waals surface area (Å²) in [6.07, 6.45) is 6.55. The summed E-state index contributed by atoms with van der Waals surface area (Å²) in [6, 6.07) is 6.36. The van der Waals surface area contributed by atoms with E-state index in [-0.39, 0.29) is 0 Å². The molecule has 0 atom stereocenters. The van der Waals surface area contributed by atoms with E-state index in [0.717, 1.165) is 17.5 Å². The van der Waals surface area contributed by atoms with Gasteiger partial charge in [0.2, 0.25) is 0 Å².